The smallest absolute Gasteiger partial charge is 0.346 e. The van der Waals surface area contributed by atoms with E-state index in [9.17, 15) is 0 Å². The standard InChI is InChI=1S/C16H14Cl2N6O/c1-8-6-7-10(17)13(12(8)18)21-11-5-3-2-4-9(11)14-23-24-16(25-14)22-15(19)20/h2-7,21H,1H3,(H4,19,20,22,24). The summed E-state index contributed by atoms with van der Waals surface area (Å²) in [5.41, 5.74) is 13.5. The lowest BCUT2D eigenvalue weighted by Crippen LogP contribution is -2.21. The van der Waals surface area contributed by atoms with Crippen LogP contribution in [0.2, 0.25) is 10.0 Å². The second-order valence-corrected chi connectivity index (χ2v) is 5.94. The van der Waals surface area contributed by atoms with E-state index in [1.807, 2.05) is 37.3 Å². The number of anilines is 2. The van der Waals surface area contributed by atoms with Crippen molar-refractivity contribution in [1.29, 1.82) is 0 Å². The first-order valence-electron chi connectivity index (χ1n) is 7.20. The third kappa shape index (κ3) is 3.67. The van der Waals surface area contributed by atoms with Gasteiger partial charge in [-0.2, -0.15) is 4.99 Å². The maximum Gasteiger partial charge on any atom is 0.346 e. The minimum atomic E-state index is -0.167. The van der Waals surface area contributed by atoms with Gasteiger partial charge >= 0.3 is 6.01 Å². The summed E-state index contributed by atoms with van der Waals surface area (Å²) >= 11 is 12.6. The van der Waals surface area contributed by atoms with Crippen molar-refractivity contribution in [1.82, 2.24) is 10.2 Å². The number of guanidine groups is 1. The fraction of sp³-hybridized carbons (Fsp3) is 0.0625. The molecule has 0 atom stereocenters. The van der Waals surface area contributed by atoms with Crippen LogP contribution in [-0.2, 0) is 0 Å². The third-order valence-corrected chi connectivity index (χ3v) is 4.14. The van der Waals surface area contributed by atoms with Gasteiger partial charge in [-0.3, -0.25) is 0 Å². The number of rotatable bonds is 4. The maximum atomic E-state index is 6.36. The second kappa shape index (κ2) is 7.00. The van der Waals surface area contributed by atoms with Crippen molar-refractivity contribution in [2.45, 2.75) is 6.92 Å². The van der Waals surface area contributed by atoms with Crippen molar-refractivity contribution in [2.75, 3.05) is 5.32 Å². The van der Waals surface area contributed by atoms with E-state index in [-0.39, 0.29) is 17.9 Å². The predicted molar refractivity (Wildman–Crippen MR) is 99.7 cm³/mol. The molecule has 0 aliphatic heterocycles. The molecule has 7 nitrogen and oxygen atoms in total. The molecule has 0 aliphatic carbocycles. The number of nitrogens with two attached hydrogens (primary N) is 2. The second-order valence-electron chi connectivity index (χ2n) is 5.15. The van der Waals surface area contributed by atoms with E-state index in [0.29, 0.717) is 27.0 Å². The molecule has 0 bridgehead atoms. The number of hydrogen-bond acceptors (Lipinski definition) is 5. The summed E-state index contributed by atoms with van der Waals surface area (Å²) in [5, 5.41) is 12.0. The molecule has 1 aromatic heterocycles. The largest absolute Gasteiger partial charge is 0.402 e. The summed E-state index contributed by atoms with van der Waals surface area (Å²) in [6, 6.07) is 10.9. The van der Waals surface area contributed by atoms with Crippen LogP contribution in [0, 0.1) is 6.92 Å². The molecule has 25 heavy (non-hydrogen) atoms. The van der Waals surface area contributed by atoms with E-state index in [1.165, 1.54) is 0 Å². The van der Waals surface area contributed by atoms with Gasteiger partial charge in [0.25, 0.3) is 5.89 Å². The highest BCUT2D eigenvalue weighted by molar-refractivity contribution is 6.39. The summed E-state index contributed by atoms with van der Waals surface area (Å²) in [6.45, 7) is 1.90. The molecule has 0 radical (unpaired) electrons. The zero-order valence-corrected chi connectivity index (χ0v) is 14.6. The molecule has 9 heteroatoms. The molecule has 128 valence electrons. The Bertz CT molecular complexity index is 950. The van der Waals surface area contributed by atoms with Gasteiger partial charge in [0.15, 0.2) is 5.96 Å². The highest BCUT2D eigenvalue weighted by Gasteiger charge is 2.15. The quantitative estimate of drug-likeness (QED) is 0.468. The van der Waals surface area contributed by atoms with E-state index in [0.717, 1.165) is 5.56 Å². The van der Waals surface area contributed by atoms with Gasteiger partial charge in [0.05, 0.1) is 27.0 Å². The van der Waals surface area contributed by atoms with Crippen LogP contribution in [-0.4, -0.2) is 16.2 Å². The maximum absolute atomic E-state index is 6.36. The van der Waals surface area contributed by atoms with Crippen molar-refractivity contribution >= 4 is 46.6 Å². The van der Waals surface area contributed by atoms with Crippen molar-refractivity contribution < 1.29 is 4.42 Å². The number of aromatic nitrogens is 2. The van der Waals surface area contributed by atoms with E-state index in [4.69, 9.17) is 39.1 Å². The Hall–Kier alpha value is -2.77. The van der Waals surface area contributed by atoms with Crippen LogP contribution in [0.1, 0.15) is 5.56 Å². The highest BCUT2D eigenvalue weighted by atomic mass is 35.5. The van der Waals surface area contributed by atoms with Crippen LogP contribution >= 0.6 is 23.2 Å². The molecular weight excluding hydrogens is 363 g/mol. The average molecular weight is 377 g/mol. The number of aryl methyl sites for hydroxylation is 1. The SMILES string of the molecule is Cc1ccc(Cl)c(Nc2ccccc2-c2nnc(N=C(N)N)o2)c1Cl. The van der Waals surface area contributed by atoms with Crippen LogP contribution in [0.4, 0.5) is 17.4 Å². The summed E-state index contributed by atoms with van der Waals surface area (Å²) < 4.78 is 5.47. The molecule has 0 unspecified atom stereocenters. The van der Waals surface area contributed by atoms with Gasteiger partial charge in [-0.25, -0.2) is 0 Å². The Morgan fingerprint density at radius 1 is 1.12 bits per heavy atom. The van der Waals surface area contributed by atoms with Gasteiger partial charge in [0.2, 0.25) is 0 Å². The van der Waals surface area contributed by atoms with Crippen molar-refractivity contribution in [3.63, 3.8) is 0 Å². The van der Waals surface area contributed by atoms with Crippen LogP contribution in [0.3, 0.4) is 0 Å². The molecule has 0 saturated carbocycles. The summed E-state index contributed by atoms with van der Waals surface area (Å²) in [7, 11) is 0. The first-order chi connectivity index (χ1) is 12.0. The van der Waals surface area contributed by atoms with E-state index in [1.54, 1.807) is 6.07 Å². The molecule has 2 aromatic carbocycles. The Morgan fingerprint density at radius 2 is 1.88 bits per heavy atom. The van der Waals surface area contributed by atoms with Gasteiger partial charge in [-0.05, 0) is 30.7 Å². The van der Waals surface area contributed by atoms with E-state index < -0.39 is 0 Å². The van der Waals surface area contributed by atoms with Crippen LogP contribution in [0.15, 0.2) is 45.8 Å². The number of para-hydroxylation sites is 1. The minimum Gasteiger partial charge on any atom is -0.402 e. The molecule has 0 amide bonds. The first-order valence-corrected chi connectivity index (χ1v) is 7.95. The van der Waals surface area contributed by atoms with Gasteiger partial charge in [0.1, 0.15) is 0 Å². The van der Waals surface area contributed by atoms with Gasteiger partial charge < -0.3 is 21.2 Å². The van der Waals surface area contributed by atoms with Crippen LogP contribution < -0.4 is 16.8 Å². The van der Waals surface area contributed by atoms with E-state index >= 15 is 0 Å². The Kier molecular flexibility index (Phi) is 4.78. The lowest BCUT2D eigenvalue weighted by molar-refractivity contribution is 0.580. The monoisotopic (exact) mass is 376 g/mol. The van der Waals surface area contributed by atoms with Gasteiger partial charge in [-0.15, -0.1) is 5.10 Å². The number of aliphatic imine (C=N–C) groups is 1. The molecule has 0 aliphatic rings. The Labute approximate surface area is 153 Å². The summed E-state index contributed by atoms with van der Waals surface area (Å²) in [4.78, 5) is 3.73. The molecule has 1 heterocycles. The van der Waals surface area contributed by atoms with Gasteiger partial charge in [-0.1, -0.05) is 46.5 Å². The number of nitrogens with zero attached hydrogens (tertiary/aromatic N) is 3. The third-order valence-electron chi connectivity index (χ3n) is 3.34. The number of benzene rings is 2. The zero-order chi connectivity index (χ0) is 18.0. The first kappa shape index (κ1) is 17.1. The van der Waals surface area contributed by atoms with Crippen molar-refractivity contribution in [2.24, 2.45) is 16.5 Å². The lowest BCUT2D eigenvalue weighted by Gasteiger charge is -2.14. The number of hydrogen-bond donors (Lipinski definition) is 3. The lowest BCUT2D eigenvalue weighted by atomic mass is 10.1. The van der Waals surface area contributed by atoms with Gasteiger partial charge in [0, 0.05) is 0 Å². The van der Waals surface area contributed by atoms with Crippen molar-refractivity contribution in [3.05, 3.63) is 52.0 Å². The predicted octanol–water partition coefficient (Wildman–Crippen LogP) is 4.00. The molecule has 0 spiro atoms. The van der Waals surface area contributed by atoms with E-state index in [2.05, 4.69) is 20.5 Å². The molecule has 3 aromatic rings. The Balaban J connectivity index is 2.02. The van der Waals surface area contributed by atoms with Crippen LogP contribution in [0.5, 0.6) is 0 Å². The Morgan fingerprint density at radius 3 is 2.64 bits per heavy atom. The minimum absolute atomic E-state index is 0.0311. The number of nitrogens with one attached hydrogen (secondary N) is 1. The van der Waals surface area contributed by atoms with Crippen molar-refractivity contribution in [3.8, 4) is 11.5 Å². The summed E-state index contributed by atoms with van der Waals surface area (Å²) in [6.07, 6.45) is 0. The fourth-order valence-electron chi connectivity index (χ4n) is 2.16. The molecule has 0 fully saturated rings. The normalized spacial score (nSPS) is 10.5. The van der Waals surface area contributed by atoms with Crippen LogP contribution in [0.25, 0.3) is 11.5 Å². The fourth-order valence-corrected chi connectivity index (χ4v) is 2.63. The average Bonchev–Trinajstić information content (AvgIpc) is 3.03. The topological polar surface area (TPSA) is 115 Å². The highest BCUT2D eigenvalue weighted by Crippen LogP contribution is 2.38. The summed E-state index contributed by atoms with van der Waals surface area (Å²) in [5.74, 6) is 0.0860. The molecular formula is C16H14Cl2N6O. The molecule has 0 saturated heterocycles. The number of halogens is 2. The zero-order valence-electron chi connectivity index (χ0n) is 13.1. The molecule has 3 rings (SSSR count). The molecule has 5 N–H and O–H groups in total.